The van der Waals surface area contributed by atoms with Crippen molar-refractivity contribution in [3.8, 4) is 0 Å². The number of carbonyl (C=O) groups is 1. The zero-order valence-corrected chi connectivity index (χ0v) is 9.79. The minimum atomic E-state index is -4.38. The lowest BCUT2D eigenvalue weighted by atomic mass is 10.4. The Balaban J connectivity index is 2.09. The molecule has 0 radical (unpaired) electrons. The summed E-state index contributed by atoms with van der Waals surface area (Å²) in [6.45, 7) is -1.05. The molecule has 0 aromatic carbocycles. The highest BCUT2D eigenvalue weighted by atomic mass is 19.4. The van der Waals surface area contributed by atoms with Crippen molar-refractivity contribution in [2.75, 3.05) is 19.6 Å². The molecule has 0 aliphatic rings. The molecule has 0 saturated carbocycles. The first kappa shape index (κ1) is 14.4. The maximum atomic E-state index is 11.8. The largest absolute Gasteiger partial charge is 0.405 e. The SMILES string of the molecule is Cn1cnc(CCNCC(=O)NCC(F)(F)F)n1. The van der Waals surface area contributed by atoms with Crippen LogP contribution in [0, 0.1) is 0 Å². The summed E-state index contributed by atoms with van der Waals surface area (Å²) in [5.74, 6) is -0.0815. The van der Waals surface area contributed by atoms with Crippen LogP contribution < -0.4 is 10.6 Å². The molecule has 1 rings (SSSR count). The second kappa shape index (κ2) is 6.34. The summed E-state index contributed by atoms with van der Waals surface area (Å²) < 4.78 is 36.9. The Morgan fingerprint density at radius 3 is 2.78 bits per heavy atom. The van der Waals surface area contributed by atoms with Gasteiger partial charge in [-0.15, -0.1) is 0 Å². The number of rotatable bonds is 6. The molecule has 0 aliphatic carbocycles. The minimum absolute atomic E-state index is 0.164. The third kappa shape index (κ3) is 6.18. The first-order chi connectivity index (χ1) is 8.37. The molecule has 0 unspecified atom stereocenters. The Kier molecular flexibility index (Phi) is 5.08. The fourth-order valence-corrected chi connectivity index (χ4v) is 1.16. The molecule has 1 heterocycles. The number of aromatic nitrogens is 3. The van der Waals surface area contributed by atoms with Crippen LogP contribution in [0.2, 0.25) is 0 Å². The van der Waals surface area contributed by atoms with Crippen molar-refractivity contribution in [2.24, 2.45) is 7.05 Å². The number of nitrogens with zero attached hydrogens (tertiary/aromatic N) is 3. The van der Waals surface area contributed by atoms with Gasteiger partial charge in [0, 0.05) is 20.0 Å². The average Bonchev–Trinajstić information content (AvgIpc) is 2.67. The molecule has 0 atom stereocenters. The van der Waals surface area contributed by atoms with Crippen LogP contribution in [0.3, 0.4) is 0 Å². The summed E-state index contributed by atoms with van der Waals surface area (Å²) in [5, 5.41) is 8.49. The molecule has 1 aromatic rings. The van der Waals surface area contributed by atoms with Gasteiger partial charge in [0.05, 0.1) is 6.54 Å². The molecule has 9 heteroatoms. The highest BCUT2D eigenvalue weighted by Crippen LogP contribution is 2.11. The molecule has 1 aromatic heterocycles. The Morgan fingerprint density at radius 1 is 1.50 bits per heavy atom. The van der Waals surface area contributed by atoms with Gasteiger partial charge in [0.15, 0.2) is 5.82 Å². The fraction of sp³-hybridized carbons (Fsp3) is 0.667. The maximum Gasteiger partial charge on any atom is 0.405 e. The molecule has 0 saturated heterocycles. The van der Waals surface area contributed by atoms with Crippen molar-refractivity contribution >= 4 is 5.91 Å². The monoisotopic (exact) mass is 265 g/mol. The van der Waals surface area contributed by atoms with Crippen molar-refractivity contribution in [1.82, 2.24) is 25.4 Å². The maximum absolute atomic E-state index is 11.8. The molecule has 0 fully saturated rings. The molecular formula is C9H14F3N5O. The molecule has 0 aliphatic heterocycles. The van der Waals surface area contributed by atoms with Gasteiger partial charge in [-0.05, 0) is 0 Å². The third-order valence-electron chi connectivity index (χ3n) is 1.94. The quantitative estimate of drug-likeness (QED) is 0.688. The van der Waals surface area contributed by atoms with Crippen LogP contribution in [-0.2, 0) is 18.3 Å². The average molecular weight is 265 g/mol. The van der Waals surface area contributed by atoms with Crippen LogP contribution >= 0.6 is 0 Å². The van der Waals surface area contributed by atoms with E-state index in [-0.39, 0.29) is 6.54 Å². The number of alkyl halides is 3. The number of halogens is 3. The molecule has 0 bridgehead atoms. The number of carbonyl (C=O) groups excluding carboxylic acids is 1. The second-order valence-corrected chi connectivity index (χ2v) is 3.65. The van der Waals surface area contributed by atoms with Gasteiger partial charge in [0.2, 0.25) is 5.91 Å². The normalized spacial score (nSPS) is 11.6. The number of nitrogens with one attached hydrogen (secondary N) is 2. The van der Waals surface area contributed by atoms with Gasteiger partial charge in [-0.2, -0.15) is 18.3 Å². The third-order valence-corrected chi connectivity index (χ3v) is 1.94. The molecular weight excluding hydrogens is 251 g/mol. The topological polar surface area (TPSA) is 71.8 Å². The summed E-state index contributed by atoms with van der Waals surface area (Å²) in [6, 6.07) is 0. The molecule has 1 amide bonds. The summed E-state index contributed by atoms with van der Waals surface area (Å²) in [7, 11) is 1.73. The van der Waals surface area contributed by atoms with E-state index in [9.17, 15) is 18.0 Å². The molecule has 6 nitrogen and oxygen atoms in total. The predicted molar refractivity (Wildman–Crippen MR) is 56.6 cm³/mol. The van der Waals surface area contributed by atoms with E-state index < -0.39 is 18.6 Å². The van der Waals surface area contributed by atoms with Crippen LogP contribution in [0.4, 0.5) is 13.2 Å². The lowest BCUT2D eigenvalue weighted by Crippen LogP contribution is -2.39. The second-order valence-electron chi connectivity index (χ2n) is 3.65. The van der Waals surface area contributed by atoms with Crippen molar-refractivity contribution in [1.29, 1.82) is 0 Å². The van der Waals surface area contributed by atoms with Gasteiger partial charge >= 0.3 is 6.18 Å². The zero-order valence-electron chi connectivity index (χ0n) is 9.79. The van der Waals surface area contributed by atoms with Crippen LogP contribution in [0.15, 0.2) is 6.33 Å². The Morgan fingerprint density at radius 2 is 2.22 bits per heavy atom. The van der Waals surface area contributed by atoms with Crippen LogP contribution in [0.25, 0.3) is 0 Å². The van der Waals surface area contributed by atoms with Crippen molar-refractivity contribution in [3.63, 3.8) is 0 Å². The summed E-state index contributed by atoms with van der Waals surface area (Å²) >= 11 is 0. The van der Waals surface area contributed by atoms with Gasteiger partial charge in [-0.3, -0.25) is 9.48 Å². The van der Waals surface area contributed by atoms with Crippen LogP contribution in [0.1, 0.15) is 5.82 Å². The minimum Gasteiger partial charge on any atom is -0.346 e. The summed E-state index contributed by atoms with van der Waals surface area (Å²) in [5.41, 5.74) is 0. The van der Waals surface area contributed by atoms with Gasteiger partial charge in [-0.25, -0.2) is 4.98 Å². The number of aryl methyl sites for hydroxylation is 1. The fourth-order valence-electron chi connectivity index (χ4n) is 1.16. The Labute approximate surface area is 102 Å². The molecule has 2 N–H and O–H groups in total. The molecule has 102 valence electrons. The van der Waals surface area contributed by atoms with Gasteiger partial charge in [0.25, 0.3) is 0 Å². The highest BCUT2D eigenvalue weighted by Gasteiger charge is 2.27. The van der Waals surface area contributed by atoms with E-state index in [1.165, 1.54) is 0 Å². The molecule has 18 heavy (non-hydrogen) atoms. The van der Waals surface area contributed by atoms with Gasteiger partial charge in [0.1, 0.15) is 12.9 Å². The van der Waals surface area contributed by atoms with Crippen molar-refractivity contribution in [3.05, 3.63) is 12.2 Å². The summed E-state index contributed by atoms with van der Waals surface area (Å²) in [6.07, 6.45) is -2.33. The standard InChI is InChI=1S/C9H14F3N5O/c1-17-6-15-7(16-17)2-3-13-4-8(18)14-5-9(10,11)12/h6,13H,2-5H2,1H3,(H,14,18). The van der Waals surface area contributed by atoms with E-state index in [0.29, 0.717) is 18.8 Å². The first-order valence-electron chi connectivity index (χ1n) is 5.25. The lowest BCUT2D eigenvalue weighted by molar-refractivity contribution is -0.137. The predicted octanol–water partition coefficient (Wildman–Crippen LogP) is -0.374. The van der Waals surface area contributed by atoms with E-state index in [4.69, 9.17) is 0 Å². The Bertz CT molecular complexity index is 390. The first-order valence-corrected chi connectivity index (χ1v) is 5.25. The summed E-state index contributed by atoms with van der Waals surface area (Å²) in [4.78, 5) is 15.0. The van der Waals surface area contributed by atoms with Crippen LogP contribution in [-0.4, -0.2) is 46.5 Å². The zero-order chi connectivity index (χ0) is 13.6. The van der Waals surface area contributed by atoms with Crippen LogP contribution in [0.5, 0.6) is 0 Å². The van der Waals surface area contributed by atoms with E-state index in [1.807, 2.05) is 0 Å². The van der Waals surface area contributed by atoms with E-state index in [2.05, 4.69) is 15.4 Å². The van der Waals surface area contributed by atoms with E-state index >= 15 is 0 Å². The van der Waals surface area contributed by atoms with E-state index in [1.54, 1.807) is 23.4 Å². The van der Waals surface area contributed by atoms with Crippen molar-refractivity contribution < 1.29 is 18.0 Å². The number of amides is 1. The van der Waals surface area contributed by atoms with Gasteiger partial charge < -0.3 is 10.6 Å². The molecule has 0 spiro atoms. The highest BCUT2D eigenvalue weighted by molar-refractivity contribution is 5.77. The van der Waals surface area contributed by atoms with Crippen molar-refractivity contribution in [2.45, 2.75) is 12.6 Å². The lowest BCUT2D eigenvalue weighted by Gasteiger charge is -2.08. The Hall–Kier alpha value is -1.64. The van der Waals surface area contributed by atoms with Gasteiger partial charge in [-0.1, -0.05) is 0 Å². The number of hydrogen-bond acceptors (Lipinski definition) is 4. The number of hydrogen-bond donors (Lipinski definition) is 2. The van der Waals surface area contributed by atoms with E-state index in [0.717, 1.165) is 0 Å². The smallest absolute Gasteiger partial charge is 0.346 e.